The molecule has 0 aromatic carbocycles. The molecule has 0 radical (unpaired) electrons. The monoisotopic (exact) mass is 302 g/mol. The third-order valence-corrected chi connectivity index (χ3v) is 3.29. The van der Waals surface area contributed by atoms with Gasteiger partial charge in [-0.1, -0.05) is 18.7 Å². The van der Waals surface area contributed by atoms with Crippen LogP contribution < -0.4 is 5.32 Å². The maximum absolute atomic E-state index is 11.4. The van der Waals surface area contributed by atoms with Crippen LogP contribution in [0.15, 0.2) is 9.64 Å². The summed E-state index contributed by atoms with van der Waals surface area (Å²) in [5.74, 6) is 0.0183. The van der Waals surface area contributed by atoms with Crippen molar-refractivity contribution in [2.24, 2.45) is 0 Å². The van der Waals surface area contributed by atoms with Gasteiger partial charge in [0.1, 0.15) is 0 Å². The lowest BCUT2D eigenvalue weighted by Crippen LogP contribution is -2.31. The second-order valence-electron chi connectivity index (χ2n) is 4.12. The highest BCUT2D eigenvalue weighted by Gasteiger charge is 2.19. The van der Waals surface area contributed by atoms with E-state index in [0.717, 1.165) is 18.2 Å². The van der Waals surface area contributed by atoms with E-state index >= 15 is 0 Å². The summed E-state index contributed by atoms with van der Waals surface area (Å²) < 4.78 is 9.79. The lowest BCUT2D eigenvalue weighted by molar-refractivity contribution is -0.117. The molecule has 1 N–H and O–H groups in total. The van der Waals surface area contributed by atoms with E-state index in [1.54, 1.807) is 0 Å². The number of thioether (sulfide) groups is 1. The van der Waals surface area contributed by atoms with Crippen LogP contribution in [-0.2, 0) is 9.53 Å². The fourth-order valence-electron chi connectivity index (χ4n) is 1.50. The number of hydrogen-bond donors (Lipinski definition) is 1. The van der Waals surface area contributed by atoms with Crippen molar-refractivity contribution in [3.8, 4) is 0 Å². The number of hydrogen-bond acceptors (Lipinski definition) is 8. The minimum atomic E-state index is -0.791. The fourth-order valence-corrected chi connectivity index (χ4v) is 2.07. The van der Waals surface area contributed by atoms with Gasteiger partial charge in [0.15, 0.2) is 0 Å². The molecule has 0 fully saturated rings. The summed E-state index contributed by atoms with van der Waals surface area (Å²) in [4.78, 5) is 24.2. The van der Waals surface area contributed by atoms with Gasteiger partial charge in [-0.25, -0.2) is 4.79 Å². The Morgan fingerprint density at radius 1 is 1.45 bits per heavy atom. The minimum Gasteiger partial charge on any atom is -0.453 e. The van der Waals surface area contributed by atoms with Crippen LogP contribution in [0.3, 0.4) is 0 Å². The van der Waals surface area contributed by atoms with Crippen LogP contribution in [0.1, 0.15) is 25.3 Å². The van der Waals surface area contributed by atoms with E-state index in [1.165, 1.54) is 7.11 Å². The van der Waals surface area contributed by atoms with Crippen LogP contribution in [0.25, 0.3) is 0 Å². The van der Waals surface area contributed by atoms with Crippen LogP contribution in [0.5, 0.6) is 0 Å². The number of nitrogens with zero attached hydrogens (tertiary/aromatic N) is 3. The third-order valence-electron chi connectivity index (χ3n) is 2.47. The normalized spacial score (nSPS) is 12.2. The molecule has 0 spiro atoms. The van der Waals surface area contributed by atoms with Crippen LogP contribution in [0, 0.1) is 0 Å². The Labute approximate surface area is 121 Å². The fraction of sp³-hybridized carbons (Fsp3) is 0.636. The van der Waals surface area contributed by atoms with Crippen LogP contribution in [0.2, 0.25) is 0 Å². The number of alkyl carbamates (subject to hydrolysis) is 1. The highest BCUT2D eigenvalue weighted by molar-refractivity contribution is 7.99. The number of imide groups is 1. The van der Waals surface area contributed by atoms with E-state index in [2.05, 4.69) is 14.9 Å². The SMILES string of the molecule is CC[C@@H](c1nnc(SCC(=O)NC(=O)OC)o1)N(C)C. The number of rotatable bonds is 6. The number of amides is 2. The van der Waals surface area contributed by atoms with Crippen molar-refractivity contribution in [3.05, 3.63) is 5.89 Å². The zero-order chi connectivity index (χ0) is 15.1. The first-order valence-corrected chi connectivity index (χ1v) is 6.96. The molecule has 0 saturated heterocycles. The molecule has 1 aromatic rings. The predicted molar refractivity (Wildman–Crippen MR) is 72.3 cm³/mol. The smallest absolute Gasteiger partial charge is 0.413 e. The summed E-state index contributed by atoms with van der Waals surface area (Å²) in [5, 5.41) is 10.2. The molecule has 20 heavy (non-hydrogen) atoms. The van der Waals surface area contributed by atoms with Gasteiger partial charge in [-0.15, -0.1) is 10.2 Å². The molecule has 0 aliphatic rings. The first kappa shape index (κ1) is 16.4. The summed E-state index contributed by atoms with van der Waals surface area (Å²) in [6.07, 6.45) is 0.0442. The predicted octanol–water partition coefficient (Wildman–Crippen LogP) is 1.06. The minimum absolute atomic E-state index is 0.00447. The maximum Gasteiger partial charge on any atom is 0.413 e. The molecule has 2 amide bonds. The van der Waals surface area contributed by atoms with Crippen LogP contribution in [0.4, 0.5) is 4.79 Å². The van der Waals surface area contributed by atoms with Crippen molar-refractivity contribution in [2.75, 3.05) is 27.0 Å². The van der Waals surface area contributed by atoms with Gasteiger partial charge in [-0.05, 0) is 20.5 Å². The second kappa shape index (κ2) is 7.85. The third kappa shape index (κ3) is 4.82. The van der Waals surface area contributed by atoms with Crippen molar-refractivity contribution < 1.29 is 18.7 Å². The molecule has 1 aromatic heterocycles. The molecule has 8 nitrogen and oxygen atoms in total. The zero-order valence-electron chi connectivity index (χ0n) is 11.9. The standard InChI is InChI=1S/C11H18N4O4S/c1-5-7(15(2)3)9-13-14-11(19-9)20-6-8(16)12-10(17)18-4/h7H,5-6H2,1-4H3,(H,12,16,17)/t7-/m0/s1. The zero-order valence-corrected chi connectivity index (χ0v) is 12.7. The van der Waals surface area contributed by atoms with Crippen molar-refractivity contribution in [3.63, 3.8) is 0 Å². The number of nitrogens with one attached hydrogen (secondary N) is 1. The molecule has 0 aliphatic carbocycles. The summed E-state index contributed by atoms with van der Waals surface area (Å²) in [5.41, 5.74) is 0. The summed E-state index contributed by atoms with van der Waals surface area (Å²) in [7, 11) is 5.04. The van der Waals surface area contributed by atoms with Gasteiger partial charge in [0, 0.05) is 0 Å². The van der Waals surface area contributed by atoms with E-state index in [0.29, 0.717) is 11.1 Å². The first-order chi connectivity index (χ1) is 9.47. The maximum atomic E-state index is 11.4. The van der Waals surface area contributed by atoms with E-state index in [4.69, 9.17) is 4.42 Å². The molecule has 112 valence electrons. The average Bonchev–Trinajstić information content (AvgIpc) is 2.85. The van der Waals surface area contributed by atoms with Gasteiger partial charge in [-0.3, -0.25) is 15.0 Å². The average molecular weight is 302 g/mol. The second-order valence-corrected chi connectivity index (χ2v) is 5.05. The molecule has 0 aliphatic heterocycles. The largest absolute Gasteiger partial charge is 0.453 e. The Kier molecular flexibility index (Phi) is 6.46. The van der Waals surface area contributed by atoms with Gasteiger partial charge in [0.05, 0.1) is 18.9 Å². The Bertz CT molecular complexity index is 463. The Morgan fingerprint density at radius 3 is 2.70 bits per heavy atom. The Balaban J connectivity index is 2.52. The van der Waals surface area contributed by atoms with E-state index in [1.807, 2.05) is 31.2 Å². The molecular weight excluding hydrogens is 284 g/mol. The topological polar surface area (TPSA) is 97.6 Å². The molecule has 1 rings (SSSR count). The first-order valence-electron chi connectivity index (χ1n) is 5.98. The van der Waals surface area contributed by atoms with Gasteiger partial charge < -0.3 is 9.15 Å². The summed E-state index contributed by atoms with van der Waals surface area (Å²) in [6.45, 7) is 2.02. The van der Waals surface area contributed by atoms with E-state index in [-0.39, 0.29) is 11.8 Å². The van der Waals surface area contributed by atoms with Crippen molar-refractivity contribution in [1.82, 2.24) is 20.4 Å². The quantitative estimate of drug-likeness (QED) is 0.779. The molecule has 9 heteroatoms. The Hall–Kier alpha value is -1.61. The van der Waals surface area contributed by atoms with Crippen molar-refractivity contribution in [2.45, 2.75) is 24.6 Å². The lowest BCUT2D eigenvalue weighted by atomic mass is 10.2. The lowest BCUT2D eigenvalue weighted by Gasteiger charge is -2.18. The van der Waals surface area contributed by atoms with Crippen molar-refractivity contribution in [1.29, 1.82) is 0 Å². The van der Waals surface area contributed by atoms with Crippen LogP contribution >= 0.6 is 11.8 Å². The van der Waals surface area contributed by atoms with Gasteiger partial charge in [-0.2, -0.15) is 0 Å². The molecule has 1 heterocycles. The molecule has 1 atom stereocenters. The summed E-state index contributed by atoms with van der Waals surface area (Å²) in [6, 6.07) is 0.0424. The molecule has 0 saturated carbocycles. The number of aromatic nitrogens is 2. The van der Waals surface area contributed by atoms with E-state index in [9.17, 15) is 9.59 Å². The molecule has 0 bridgehead atoms. The number of carbonyl (C=O) groups is 2. The number of methoxy groups -OCH3 is 1. The molecule has 0 unspecified atom stereocenters. The summed E-state index contributed by atoms with van der Waals surface area (Å²) >= 11 is 1.06. The highest BCUT2D eigenvalue weighted by Crippen LogP contribution is 2.23. The van der Waals surface area contributed by atoms with Crippen LogP contribution in [-0.4, -0.2) is 54.1 Å². The number of carbonyl (C=O) groups excluding carboxylic acids is 2. The van der Waals surface area contributed by atoms with E-state index < -0.39 is 12.0 Å². The Morgan fingerprint density at radius 2 is 2.15 bits per heavy atom. The molecular formula is C11H18N4O4S. The van der Waals surface area contributed by atoms with Gasteiger partial charge >= 0.3 is 6.09 Å². The van der Waals surface area contributed by atoms with Gasteiger partial charge in [0.25, 0.3) is 5.22 Å². The number of ether oxygens (including phenoxy) is 1. The highest BCUT2D eigenvalue weighted by atomic mass is 32.2. The van der Waals surface area contributed by atoms with Gasteiger partial charge in [0.2, 0.25) is 11.8 Å². The van der Waals surface area contributed by atoms with Crippen molar-refractivity contribution >= 4 is 23.8 Å².